The summed E-state index contributed by atoms with van der Waals surface area (Å²) in [5.74, 6) is 1.87. The van der Waals surface area contributed by atoms with Crippen molar-refractivity contribution in [2.75, 3.05) is 11.4 Å². The number of fused-ring (bicyclic) bond motifs is 2. The van der Waals surface area contributed by atoms with Gasteiger partial charge >= 0.3 is 0 Å². The molecule has 0 radical (unpaired) electrons. The first-order chi connectivity index (χ1) is 15.0. The lowest BCUT2D eigenvalue weighted by molar-refractivity contribution is 0.438. The number of benzene rings is 2. The minimum Gasteiger partial charge on any atom is -0.453 e. The van der Waals surface area contributed by atoms with Crippen molar-refractivity contribution in [3.05, 3.63) is 82.1 Å². The number of hydrogen-bond donors (Lipinski definition) is 0. The second kappa shape index (κ2) is 7.78. The molecule has 0 spiro atoms. The van der Waals surface area contributed by atoms with Crippen molar-refractivity contribution in [2.45, 2.75) is 26.8 Å². The predicted molar refractivity (Wildman–Crippen MR) is 119 cm³/mol. The van der Waals surface area contributed by atoms with E-state index in [2.05, 4.69) is 14.9 Å². The lowest BCUT2D eigenvalue weighted by atomic mass is 10.0. The van der Waals surface area contributed by atoms with E-state index in [1.807, 2.05) is 44.2 Å². The van der Waals surface area contributed by atoms with E-state index < -0.39 is 0 Å². The summed E-state index contributed by atoms with van der Waals surface area (Å²) in [7, 11) is 0. The van der Waals surface area contributed by atoms with Gasteiger partial charge in [0.15, 0.2) is 11.6 Å². The number of rotatable bonds is 3. The first-order valence-corrected chi connectivity index (χ1v) is 10.4. The van der Waals surface area contributed by atoms with Gasteiger partial charge in [-0.05, 0) is 61.4 Å². The van der Waals surface area contributed by atoms with Gasteiger partial charge in [-0.1, -0.05) is 17.7 Å². The van der Waals surface area contributed by atoms with E-state index in [0.29, 0.717) is 23.1 Å². The van der Waals surface area contributed by atoms with Gasteiger partial charge in [-0.2, -0.15) is 0 Å². The van der Waals surface area contributed by atoms with Gasteiger partial charge in [-0.3, -0.25) is 4.98 Å². The van der Waals surface area contributed by atoms with Crippen LogP contribution < -0.4 is 9.64 Å². The summed E-state index contributed by atoms with van der Waals surface area (Å²) >= 11 is 6.24. The smallest absolute Gasteiger partial charge is 0.165 e. The van der Waals surface area contributed by atoms with Crippen LogP contribution in [-0.2, 0) is 13.0 Å². The number of hydrogen-bond acceptors (Lipinski definition) is 5. The topological polar surface area (TPSA) is 51.1 Å². The second-order valence-corrected chi connectivity index (χ2v) is 8.18. The minimum atomic E-state index is -0.390. The number of aromatic nitrogens is 3. The second-order valence-electron chi connectivity index (χ2n) is 7.74. The fourth-order valence-electron chi connectivity index (χ4n) is 3.90. The minimum absolute atomic E-state index is 0.187. The van der Waals surface area contributed by atoms with Gasteiger partial charge in [0.1, 0.15) is 17.4 Å². The Labute approximate surface area is 184 Å². The van der Waals surface area contributed by atoms with Crippen molar-refractivity contribution in [3.63, 3.8) is 0 Å². The fourth-order valence-corrected chi connectivity index (χ4v) is 4.07. The molecule has 4 aromatic rings. The van der Waals surface area contributed by atoms with E-state index in [1.54, 1.807) is 12.3 Å². The van der Waals surface area contributed by atoms with Gasteiger partial charge in [0.25, 0.3) is 0 Å². The predicted octanol–water partition coefficient (Wildman–Crippen LogP) is 5.79. The normalized spacial score (nSPS) is 13.4. The Morgan fingerprint density at radius 1 is 1.06 bits per heavy atom. The molecule has 0 atom stereocenters. The van der Waals surface area contributed by atoms with E-state index in [4.69, 9.17) is 21.3 Å². The summed E-state index contributed by atoms with van der Waals surface area (Å²) in [6.45, 7) is 5.13. The number of anilines is 1. The molecule has 1 aliphatic rings. The number of ether oxygens (including phenoxy) is 1. The SMILES string of the molecule is Cc1ccc(Oc2cnc3c(c2)CN(c2nc(C)nc4ccc(Cl)cc24)CC3)c(F)c1. The molecule has 0 fully saturated rings. The van der Waals surface area contributed by atoms with Crippen molar-refractivity contribution in [3.8, 4) is 11.5 Å². The monoisotopic (exact) mass is 434 g/mol. The summed E-state index contributed by atoms with van der Waals surface area (Å²) < 4.78 is 20.0. The van der Waals surface area contributed by atoms with Crippen molar-refractivity contribution >= 4 is 28.3 Å². The number of aryl methyl sites for hydroxylation is 2. The highest BCUT2D eigenvalue weighted by Crippen LogP contribution is 2.32. The summed E-state index contributed by atoms with van der Waals surface area (Å²) in [4.78, 5) is 16.0. The Morgan fingerprint density at radius 3 is 2.77 bits per heavy atom. The van der Waals surface area contributed by atoms with Crippen LogP contribution in [0.25, 0.3) is 10.9 Å². The van der Waals surface area contributed by atoms with Crippen molar-refractivity contribution in [1.82, 2.24) is 15.0 Å². The molecule has 0 N–H and O–H groups in total. The molecule has 2 aromatic carbocycles. The highest BCUT2D eigenvalue weighted by molar-refractivity contribution is 6.31. The number of halogens is 2. The first-order valence-electron chi connectivity index (χ1n) is 10.1. The molecule has 5 nitrogen and oxygen atoms in total. The Bertz CT molecular complexity index is 1310. The zero-order valence-corrected chi connectivity index (χ0v) is 17.9. The molecule has 0 amide bonds. The van der Waals surface area contributed by atoms with Gasteiger partial charge in [-0.25, -0.2) is 14.4 Å². The molecule has 0 aliphatic carbocycles. The van der Waals surface area contributed by atoms with Crippen LogP contribution in [0.2, 0.25) is 5.02 Å². The van der Waals surface area contributed by atoms with Gasteiger partial charge in [-0.15, -0.1) is 0 Å². The third kappa shape index (κ3) is 3.91. The number of nitrogens with zero attached hydrogens (tertiary/aromatic N) is 4. The largest absolute Gasteiger partial charge is 0.453 e. The van der Waals surface area contributed by atoms with E-state index in [0.717, 1.165) is 46.5 Å². The van der Waals surface area contributed by atoms with Crippen LogP contribution >= 0.6 is 11.6 Å². The third-order valence-corrected chi connectivity index (χ3v) is 5.61. The maximum absolute atomic E-state index is 14.2. The van der Waals surface area contributed by atoms with Crippen LogP contribution in [0.5, 0.6) is 11.5 Å². The third-order valence-electron chi connectivity index (χ3n) is 5.38. The zero-order chi connectivity index (χ0) is 21.5. The zero-order valence-electron chi connectivity index (χ0n) is 17.2. The Hall–Kier alpha value is -3.25. The van der Waals surface area contributed by atoms with Crippen LogP contribution in [0.3, 0.4) is 0 Å². The highest BCUT2D eigenvalue weighted by Gasteiger charge is 2.22. The average Bonchev–Trinajstić information content (AvgIpc) is 2.75. The average molecular weight is 435 g/mol. The number of pyridine rings is 1. The maximum atomic E-state index is 14.2. The summed E-state index contributed by atoms with van der Waals surface area (Å²) in [5, 5.41) is 1.57. The molecule has 31 heavy (non-hydrogen) atoms. The fraction of sp³-hybridized carbons (Fsp3) is 0.208. The summed E-state index contributed by atoms with van der Waals surface area (Å²) in [5.41, 5.74) is 3.75. The molecule has 5 rings (SSSR count). The maximum Gasteiger partial charge on any atom is 0.165 e. The van der Waals surface area contributed by atoms with E-state index in [-0.39, 0.29) is 11.6 Å². The lowest BCUT2D eigenvalue weighted by Gasteiger charge is -2.30. The molecule has 1 aliphatic heterocycles. The van der Waals surface area contributed by atoms with Crippen LogP contribution in [0.1, 0.15) is 22.6 Å². The van der Waals surface area contributed by atoms with E-state index in [1.165, 1.54) is 6.07 Å². The highest BCUT2D eigenvalue weighted by atomic mass is 35.5. The van der Waals surface area contributed by atoms with Crippen LogP contribution in [0, 0.1) is 19.7 Å². The Balaban J connectivity index is 1.47. The van der Waals surface area contributed by atoms with Crippen LogP contribution in [0.15, 0.2) is 48.7 Å². The molecular formula is C24H20ClFN4O. The molecule has 2 aromatic heterocycles. The van der Waals surface area contributed by atoms with Gasteiger partial charge in [0.2, 0.25) is 0 Å². The Kier molecular flexibility index (Phi) is 4.94. The summed E-state index contributed by atoms with van der Waals surface area (Å²) in [6, 6.07) is 12.5. The van der Waals surface area contributed by atoms with Gasteiger partial charge in [0, 0.05) is 35.6 Å². The molecule has 7 heteroatoms. The molecule has 0 unspecified atom stereocenters. The quantitative estimate of drug-likeness (QED) is 0.408. The van der Waals surface area contributed by atoms with Crippen molar-refractivity contribution < 1.29 is 9.13 Å². The standard InChI is InChI=1S/C24H20ClFN4O/c1-14-3-6-23(20(26)9-14)31-18-10-16-13-30(8-7-21(16)27-12-18)24-19-11-17(25)4-5-22(19)28-15(2)29-24/h3-6,9-12H,7-8,13H2,1-2H3. The molecule has 0 saturated carbocycles. The van der Waals surface area contributed by atoms with Crippen molar-refractivity contribution in [2.24, 2.45) is 0 Å². The van der Waals surface area contributed by atoms with Gasteiger partial charge in [0.05, 0.1) is 11.7 Å². The lowest BCUT2D eigenvalue weighted by Crippen LogP contribution is -2.32. The first kappa shape index (κ1) is 19.7. The van der Waals surface area contributed by atoms with E-state index >= 15 is 0 Å². The molecule has 0 bridgehead atoms. The molecule has 3 heterocycles. The summed E-state index contributed by atoms with van der Waals surface area (Å²) in [6.07, 6.45) is 2.43. The van der Waals surface area contributed by atoms with Crippen molar-refractivity contribution in [1.29, 1.82) is 0 Å². The van der Waals surface area contributed by atoms with E-state index in [9.17, 15) is 4.39 Å². The Morgan fingerprint density at radius 2 is 1.94 bits per heavy atom. The molecule has 156 valence electrons. The van der Waals surface area contributed by atoms with Gasteiger partial charge < -0.3 is 9.64 Å². The van der Waals surface area contributed by atoms with Crippen LogP contribution in [0.4, 0.5) is 10.2 Å². The molecule has 0 saturated heterocycles. The molecular weight excluding hydrogens is 415 g/mol. The van der Waals surface area contributed by atoms with Crippen LogP contribution in [-0.4, -0.2) is 21.5 Å².